The number of carbonyl (C=O) groups excluding carboxylic acids is 2. The van der Waals surface area contributed by atoms with Gasteiger partial charge in [-0.15, -0.1) is 11.8 Å². The Hall–Kier alpha value is -2.27. The largest absolute Gasteiger partial charge is 0.351 e. The van der Waals surface area contributed by atoms with Crippen molar-refractivity contribution in [3.63, 3.8) is 0 Å². The quantitative estimate of drug-likeness (QED) is 0.774. The number of nitrogens with one attached hydrogen (secondary N) is 1. The van der Waals surface area contributed by atoms with E-state index < -0.39 is 0 Å². The van der Waals surface area contributed by atoms with Gasteiger partial charge in [0.25, 0.3) is 5.91 Å². The first-order valence-corrected chi connectivity index (χ1v) is 9.22. The summed E-state index contributed by atoms with van der Waals surface area (Å²) in [5, 5.41) is 3.00. The van der Waals surface area contributed by atoms with Crippen LogP contribution in [0.15, 0.2) is 59.5 Å². The first-order valence-electron chi connectivity index (χ1n) is 8.24. The fraction of sp³-hybridized carbons (Fsp3) is 0.300. The molecule has 0 spiro atoms. The van der Waals surface area contributed by atoms with Gasteiger partial charge in [0.15, 0.2) is 0 Å². The number of thioether (sulfide) groups is 1. The second-order valence-electron chi connectivity index (χ2n) is 6.09. The molecule has 0 aliphatic carbocycles. The van der Waals surface area contributed by atoms with Crippen molar-refractivity contribution in [2.75, 3.05) is 26.4 Å². The van der Waals surface area contributed by atoms with Crippen LogP contribution in [0.5, 0.6) is 0 Å². The lowest BCUT2D eigenvalue weighted by Crippen LogP contribution is -2.28. The highest BCUT2D eigenvalue weighted by Gasteiger charge is 2.14. The van der Waals surface area contributed by atoms with E-state index in [0.29, 0.717) is 17.9 Å². The van der Waals surface area contributed by atoms with Gasteiger partial charge in [-0.25, -0.2) is 0 Å². The summed E-state index contributed by atoms with van der Waals surface area (Å²) < 4.78 is 0. The van der Waals surface area contributed by atoms with Crippen molar-refractivity contribution in [2.24, 2.45) is 0 Å². The molecule has 132 valence electrons. The molecule has 0 radical (unpaired) electrons. The fourth-order valence-electron chi connectivity index (χ4n) is 2.29. The molecule has 1 atom stereocenters. The van der Waals surface area contributed by atoms with Gasteiger partial charge in [-0.3, -0.25) is 9.59 Å². The standard InChI is InChI=1S/C20H24N2O2S/c1-15(16-9-5-4-6-10-16)13-21-20(24)17-11-7-8-12-18(17)25-14-19(23)22(2)3/h4-12,15H,13-14H2,1-3H3,(H,21,24)/t15-/m1/s1. The summed E-state index contributed by atoms with van der Waals surface area (Å²) in [6.07, 6.45) is 0. The zero-order valence-electron chi connectivity index (χ0n) is 14.9. The predicted octanol–water partition coefficient (Wildman–Crippen LogP) is 3.40. The van der Waals surface area contributed by atoms with Crippen LogP contribution in [-0.2, 0) is 4.79 Å². The molecule has 0 aliphatic rings. The molecule has 0 fully saturated rings. The smallest absolute Gasteiger partial charge is 0.252 e. The van der Waals surface area contributed by atoms with Gasteiger partial charge in [-0.2, -0.15) is 0 Å². The highest BCUT2D eigenvalue weighted by Crippen LogP contribution is 2.23. The van der Waals surface area contributed by atoms with E-state index in [4.69, 9.17) is 0 Å². The maximum absolute atomic E-state index is 12.6. The number of hydrogen-bond acceptors (Lipinski definition) is 3. The van der Waals surface area contributed by atoms with Gasteiger partial charge in [0, 0.05) is 25.5 Å². The number of benzene rings is 2. The van der Waals surface area contributed by atoms with Crippen LogP contribution in [0.25, 0.3) is 0 Å². The van der Waals surface area contributed by atoms with Gasteiger partial charge < -0.3 is 10.2 Å². The van der Waals surface area contributed by atoms with Crippen LogP contribution < -0.4 is 5.32 Å². The Balaban J connectivity index is 1.98. The van der Waals surface area contributed by atoms with Crippen molar-refractivity contribution in [1.82, 2.24) is 10.2 Å². The zero-order chi connectivity index (χ0) is 18.2. The Kier molecular flexibility index (Phi) is 7.07. The molecule has 2 aromatic rings. The van der Waals surface area contributed by atoms with Crippen LogP contribution in [0.1, 0.15) is 28.8 Å². The van der Waals surface area contributed by atoms with Gasteiger partial charge in [0.1, 0.15) is 0 Å². The monoisotopic (exact) mass is 356 g/mol. The van der Waals surface area contributed by atoms with Gasteiger partial charge in [-0.05, 0) is 23.6 Å². The maximum atomic E-state index is 12.6. The van der Waals surface area contributed by atoms with Crippen LogP contribution in [0.4, 0.5) is 0 Å². The Morgan fingerprint density at radius 2 is 1.68 bits per heavy atom. The minimum Gasteiger partial charge on any atom is -0.351 e. The molecule has 0 bridgehead atoms. The minimum atomic E-state index is -0.108. The molecule has 1 N–H and O–H groups in total. The molecule has 0 saturated carbocycles. The van der Waals surface area contributed by atoms with E-state index in [0.717, 1.165) is 4.90 Å². The lowest BCUT2D eigenvalue weighted by molar-refractivity contribution is -0.125. The van der Waals surface area contributed by atoms with Crippen molar-refractivity contribution < 1.29 is 9.59 Å². The summed E-state index contributed by atoms with van der Waals surface area (Å²) >= 11 is 1.39. The van der Waals surface area contributed by atoms with Crippen molar-refractivity contribution in [1.29, 1.82) is 0 Å². The molecule has 4 nitrogen and oxygen atoms in total. The lowest BCUT2D eigenvalue weighted by atomic mass is 10.0. The lowest BCUT2D eigenvalue weighted by Gasteiger charge is -2.15. The molecular formula is C20H24N2O2S. The number of hydrogen-bond donors (Lipinski definition) is 1. The van der Waals surface area contributed by atoms with Gasteiger partial charge in [-0.1, -0.05) is 49.4 Å². The summed E-state index contributed by atoms with van der Waals surface area (Å²) in [5.41, 5.74) is 1.81. The van der Waals surface area contributed by atoms with Crippen molar-refractivity contribution >= 4 is 23.6 Å². The van der Waals surface area contributed by atoms with Gasteiger partial charge in [0.05, 0.1) is 11.3 Å². The van der Waals surface area contributed by atoms with E-state index in [9.17, 15) is 9.59 Å². The number of carbonyl (C=O) groups is 2. The number of amides is 2. The van der Waals surface area contributed by atoms with E-state index in [1.165, 1.54) is 17.3 Å². The van der Waals surface area contributed by atoms with E-state index in [-0.39, 0.29) is 17.7 Å². The third-order valence-electron chi connectivity index (χ3n) is 3.92. The Morgan fingerprint density at radius 3 is 2.36 bits per heavy atom. The van der Waals surface area contributed by atoms with Gasteiger partial charge >= 0.3 is 0 Å². The van der Waals surface area contributed by atoms with E-state index in [2.05, 4.69) is 24.4 Å². The van der Waals surface area contributed by atoms with Crippen LogP contribution in [0, 0.1) is 0 Å². The Labute approximate surface area is 153 Å². The molecule has 0 heterocycles. The van der Waals surface area contributed by atoms with E-state index >= 15 is 0 Å². The van der Waals surface area contributed by atoms with Crippen molar-refractivity contribution in [2.45, 2.75) is 17.7 Å². The first-order chi connectivity index (χ1) is 12.0. The van der Waals surface area contributed by atoms with E-state index in [1.54, 1.807) is 25.1 Å². The summed E-state index contributed by atoms with van der Waals surface area (Å²) in [4.78, 5) is 26.7. The molecule has 5 heteroatoms. The van der Waals surface area contributed by atoms with E-state index in [1.807, 2.05) is 36.4 Å². The molecular weight excluding hydrogens is 332 g/mol. The predicted molar refractivity (Wildman–Crippen MR) is 103 cm³/mol. The third kappa shape index (κ3) is 5.64. The average Bonchev–Trinajstić information content (AvgIpc) is 2.64. The Morgan fingerprint density at radius 1 is 1.04 bits per heavy atom. The molecule has 0 unspecified atom stereocenters. The molecule has 2 rings (SSSR count). The molecule has 2 amide bonds. The zero-order valence-corrected chi connectivity index (χ0v) is 15.7. The Bertz CT molecular complexity index is 717. The normalized spacial score (nSPS) is 11.6. The molecule has 0 aliphatic heterocycles. The highest BCUT2D eigenvalue weighted by atomic mass is 32.2. The maximum Gasteiger partial charge on any atom is 0.252 e. The summed E-state index contributed by atoms with van der Waals surface area (Å²) in [6, 6.07) is 17.5. The molecule has 0 saturated heterocycles. The number of rotatable bonds is 7. The topological polar surface area (TPSA) is 49.4 Å². The number of nitrogens with zero attached hydrogens (tertiary/aromatic N) is 1. The van der Waals surface area contributed by atoms with Crippen LogP contribution >= 0.6 is 11.8 Å². The van der Waals surface area contributed by atoms with Gasteiger partial charge in [0.2, 0.25) is 5.91 Å². The fourth-order valence-corrected chi connectivity index (χ4v) is 3.32. The second-order valence-corrected chi connectivity index (χ2v) is 7.11. The molecule has 2 aromatic carbocycles. The van der Waals surface area contributed by atoms with Crippen molar-refractivity contribution in [3.8, 4) is 0 Å². The molecule has 0 aromatic heterocycles. The van der Waals surface area contributed by atoms with Crippen LogP contribution in [0.3, 0.4) is 0 Å². The first kappa shape index (κ1) is 19.1. The third-order valence-corrected chi connectivity index (χ3v) is 4.98. The summed E-state index contributed by atoms with van der Waals surface area (Å²) in [6.45, 7) is 2.66. The SMILES string of the molecule is C[C@H](CNC(=O)c1ccccc1SCC(=O)N(C)C)c1ccccc1. The average molecular weight is 356 g/mol. The highest BCUT2D eigenvalue weighted by molar-refractivity contribution is 8.00. The second kappa shape index (κ2) is 9.28. The van der Waals surface area contributed by atoms with Crippen LogP contribution in [0.2, 0.25) is 0 Å². The minimum absolute atomic E-state index is 0.0258. The van der Waals surface area contributed by atoms with Crippen LogP contribution in [-0.4, -0.2) is 43.1 Å². The summed E-state index contributed by atoms with van der Waals surface area (Å²) in [7, 11) is 3.46. The van der Waals surface area contributed by atoms with Crippen molar-refractivity contribution in [3.05, 3.63) is 65.7 Å². The molecule has 25 heavy (non-hydrogen) atoms. The summed E-state index contributed by atoms with van der Waals surface area (Å²) in [5.74, 6) is 0.471.